The number of nitrogens with zero attached hydrogens (tertiary/aromatic N) is 5. The van der Waals surface area contributed by atoms with Crippen molar-refractivity contribution >= 4 is 88.9 Å². The van der Waals surface area contributed by atoms with Crippen molar-refractivity contribution in [3.63, 3.8) is 0 Å². The van der Waals surface area contributed by atoms with Gasteiger partial charge in [0.2, 0.25) is 53.2 Å². The predicted octanol–water partition coefficient (Wildman–Crippen LogP) is -9.91. The van der Waals surface area contributed by atoms with Crippen LogP contribution in [0.15, 0.2) is 25.0 Å². The molecule has 0 aliphatic heterocycles. The molecule has 88 heavy (non-hydrogen) atoms. The smallest absolute Gasteiger partial charge is 0.326 e. The fraction of sp³-hybridized carbons (Fsp3) is 0.700. The van der Waals surface area contributed by atoms with Crippen molar-refractivity contribution in [1.29, 1.82) is 0 Å². The first-order chi connectivity index (χ1) is 41.5. The Kier molecular flexibility index (Phi) is 40.6. The van der Waals surface area contributed by atoms with Gasteiger partial charge in [0.15, 0.2) is 29.8 Å². The van der Waals surface area contributed by atoms with Crippen LogP contribution in [0, 0.1) is 0 Å². The molecule has 500 valence electrons. The van der Waals surface area contributed by atoms with E-state index in [2.05, 4.69) is 67.5 Å². The highest BCUT2D eigenvalue weighted by molar-refractivity contribution is 5.98. The lowest BCUT2D eigenvalue weighted by molar-refractivity contribution is -0.142. The number of hydrogen-bond acceptors (Lipinski definition) is 18. The monoisotopic (exact) mass is 1250 g/mol. The van der Waals surface area contributed by atoms with Gasteiger partial charge >= 0.3 is 5.97 Å². The summed E-state index contributed by atoms with van der Waals surface area (Å²) in [7, 11) is 0. The van der Waals surface area contributed by atoms with Crippen LogP contribution in [0.3, 0.4) is 0 Å². The summed E-state index contributed by atoms with van der Waals surface area (Å²) in [5.41, 5.74) is 77.6. The number of aliphatic carboxylic acids is 1. The van der Waals surface area contributed by atoms with Crippen LogP contribution in [0.4, 0.5) is 0 Å². The van der Waals surface area contributed by atoms with Gasteiger partial charge < -0.3 is 128 Å². The summed E-state index contributed by atoms with van der Waals surface area (Å²) >= 11 is 0. The normalized spacial score (nSPS) is 13.8. The van der Waals surface area contributed by atoms with Gasteiger partial charge in [-0.1, -0.05) is 0 Å². The number of carboxylic acid groups (broad SMARTS) is 1. The highest BCUT2D eigenvalue weighted by Crippen LogP contribution is 2.11. The van der Waals surface area contributed by atoms with E-state index in [1.807, 2.05) is 0 Å². The molecule has 9 atom stereocenters. The van der Waals surface area contributed by atoms with Crippen molar-refractivity contribution in [3.8, 4) is 0 Å². The highest BCUT2D eigenvalue weighted by atomic mass is 16.4. The maximum atomic E-state index is 14.5. The number of carbonyl (C=O) groups is 10. The average molecular weight is 1250 g/mol. The summed E-state index contributed by atoms with van der Waals surface area (Å²) in [6.07, 6.45) is 1.23. The molecule has 38 heteroatoms. The standard InChI is InChI=1S/C50H99N27O11/c1-27(37(79)71-31(14-7-23-66-47(57)58)44(86)77-35(45(87)88)17-10-26-69-50(63)64)70-39(81)34(18-19-36(54)78)76-43(85)33(16-9-25-68-49(61)62)75-42(84)32(15-8-24-67-48(59)60)74-41(83)30(13-3-5-21-52)73-40(82)29(12-2-4-20-51)72-38(80)28(53)11-6-22-65-46(55)56/h27-35H,2-26,51-53H2,1H3,(H2,54,78)(H,70,81)(H,71,79)(H,72,80)(H,73,82)(H,74,83)(H,75,84)(H,76,85)(H,77,86)(H,87,88)(H4,55,56,65)(H4,57,58,66)(H4,59,60,67)(H4,61,62,68)(H4,63,64,69)/t27-,28+,29-,30-,31-,32-,33+,34-,35+/m0/s1. The molecule has 0 heterocycles. The molecule has 0 aromatic heterocycles. The Morgan fingerprint density at radius 1 is 0.330 bits per heavy atom. The van der Waals surface area contributed by atoms with E-state index >= 15 is 0 Å². The maximum Gasteiger partial charge on any atom is 0.326 e. The molecule has 38 nitrogen and oxygen atoms in total. The molecule has 37 N–H and O–H groups in total. The van der Waals surface area contributed by atoms with Gasteiger partial charge in [0.25, 0.3) is 0 Å². The quantitative estimate of drug-likeness (QED) is 0.0153. The predicted molar refractivity (Wildman–Crippen MR) is 331 cm³/mol. The molecule has 0 bridgehead atoms. The number of hydrogen-bond donors (Lipinski definition) is 23. The Morgan fingerprint density at radius 2 is 0.580 bits per heavy atom. The van der Waals surface area contributed by atoms with Crippen molar-refractivity contribution in [2.24, 2.45) is 105 Å². The number of carbonyl (C=O) groups excluding carboxylic acids is 9. The fourth-order valence-electron chi connectivity index (χ4n) is 8.12. The van der Waals surface area contributed by atoms with Crippen LogP contribution in [-0.4, -0.2) is 194 Å². The second-order valence-electron chi connectivity index (χ2n) is 20.4. The van der Waals surface area contributed by atoms with Crippen LogP contribution in [0.5, 0.6) is 0 Å². The molecule has 0 aromatic carbocycles. The third kappa shape index (κ3) is 37.4. The summed E-state index contributed by atoms with van der Waals surface area (Å²) in [6, 6.07) is -12.5. The van der Waals surface area contributed by atoms with Gasteiger partial charge in [-0.3, -0.25) is 68.1 Å². The second-order valence-corrected chi connectivity index (χ2v) is 20.4. The van der Waals surface area contributed by atoms with Gasteiger partial charge in [-0.15, -0.1) is 0 Å². The minimum absolute atomic E-state index is 0.0136. The van der Waals surface area contributed by atoms with Gasteiger partial charge in [0.05, 0.1) is 6.04 Å². The Morgan fingerprint density at radius 3 is 0.875 bits per heavy atom. The summed E-state index contributed by atoms with van der Waals surface area (Å²) in [4.78, 5) is 155. The maximum absolute atomic E-state index is 14.5. The molecule has 0 aliphatic rings. The molecule has 0 saturated heterocycles. The van der Waals surface area contributed by atoms with Crippen LogP contribution in [-0.2, 0) is 47.9 Å². The summed E-state index contributed by atoms with van der Waals surface area (Å²) < 4.78 is 0. The van der Waals surface area contributed by atoms with Crippen molar-refractivity contribution in [2.75, 3.05) is 45.8 Å². The first-order valence-corrected chi connectivity index (χ1v) is 28.9. The third-order valence-electron chi connectivity index (χ3n) is 12.8. The molecule has 9 amide bonds. The van der Waals surface area contributed by atoms with Crippen molar-refractivity contribution in [3.05, 3.63) is 0 Å². The largest absolute Gasteiger partial charge is 0.480 e. The van der Waals surface area contributed by atoms with Gasteiger partial charge in [0.1, 0.15) is 48.3 Å². The topological polar surface area (TPSA) is 713 Å². The average Bonchev–Trinajstić information content (AvgIpc) is 1.82. The minimum Gasteiger partial charge on any atom is -0.480 e. The van der Waals surface area contributed by atoms with Crippen LogP contribution >= 0.6 is 0 Å². The third-order valence-corrected chi connectivity index (χ3v) is 12.8. The number of nitrogens with two attached hydrogens (primary N) is 14. The van der Waals surface area contributed by atoms with Gasteiger partial charge in [0, 0.05) is 39.1 Å². The Balaban J connectivity index is 7.04. The lowest BCUT2D eigenvalue weighted by Crippen LogP contribution is -2.60. The molecular weight excluding hydrogens is 1150 g/mol. The molecular formula is C50H99N27O11. The minimum atomic E-state index is -1.62. The number of carboxylic acids is 1. The summed E-state index contributed by atoms with van der Waals surface area (Å²) in [5, 5.41) is 30.3. The molecule has 0 saturated carbocycles. The molecule has 0 spiro atoms. The zero-order valence-electron chi connectivity index (χ0n) is 50.2. The number of unbranched alkanes of at least 4 members (excludes halogenated alkanes) is 2. The van der Waals surface area contributed by atoms with E-state index in [0.717, 1.165) is 0 Å². The van der Waals surface area contributed by atoms with Crippen LogP contribution in [0.1, 0.15) is 122 Å². The molecule has 0 aliphatic carbocycles. The van der Waals surface area contributed by atoms with Crippen LogP contribution in [0.2, 0.25) is 0 Å². The fourth-order valence-corrected chi connectivity index (χ4v) is 8.12. The first-order valence-electron chi connectivity index (χ1n) is 28.9. The highest BCUT2D eigenvalue weighted by Gasteiger charge is 2.34. The molecule has 0 aromatic rings. The number of primary amides is 1. The summed E-state index contributed by atoms with van der Waals surface area (Å²) in [6.45, 7) is 1.97. The van der Waals surface area contributed by atoms with E-state index in [1.165, 1.54) is 6.92 Å². The SMILES string of the molecule is C[C@H](NC(=O)[C@H](CCC(N)=O)NC(=O)[C@@H](CCCN=C(N)N)NC(=O)[C@H](CCCN=C(N)N)NC(=O)[C@H](CCCCN)NC(=O)[C@H](CCCCN)NC(=O)[C@H](N)CCCN=C(N)N)C(=O)N[C@@H](CCCN=C(N)N)C(=O)N[C@H](CCCN=C(N)N)C(=O)O. The van der Waals surface area contributed by atoms with E-state index in [4.69, 9.17) is 80.3 Å². The van der Waals surface area contributed by atoms with Crippen molar-refractivity contribution < 1.29 is 53.1 Å². The molecule has 0 unspecified atom stereocenters. The second kappa shape index (κ2) is 45.3. The van der Waals surface area contributed by atoms with E-state index in [0.29, 0.717) is 32.1 Å². The number of rotatable bonds is 48. The van der Waals surface area contributed by atoms with Gasteiger partial charge in [-0.05, 0) is 129 Å². The van der Waals surface area contributed by atoms with Crippen molar-refractivity contribution in [2.45, 2.75) is 177 Å². The molecule has 0 fully saturated rings. The Labute approximate surface area is 511 Å². The summed E-state index contributed by atoms with van der Waals surface area (Å²) in [5.74, 6) is -10.5. The lowest BCUT2D eigenvalue weighted by atomic mass is 10.0. The van der Waals surface area contributed by atoms with Crippen molar-refractivity contribution in [1.82, 2.24) is 42.5 Å². The molecule has 0 rings (SSSR count). The van der Waals surface area contributed by atoms with E-state index in [9.17, 15) is 53.1 Å². The van der Waals surface area contributed by atoms with E-state index < -0.39 is 126 Å². The Hall–Kier alpha value is -9.07. The van der Waals surface area contributed by atoms with Gasteiger partial charge in [-0.2, -0.15) is 0 Å². The number of amides is 9. The lowest BCUT2D eigenvalue weighted by Gasteiger charge is -2.28. The zero-order chi connectivity index (χ0) is 66.7. The first kappa shape index (κ1) is 78.9. The van der Waals surface area contributed by atoms with Gasteiger partial charge in [-0.25, -0.2) is 4.79 Å². The number of guanidine groups is 5. The van der Waals surface area contributed by atoms with E-state index in [-0.39, 0.29) is 146 Å². The Bertz CT molecular complexity index is 2370. The number of nitrogens with one attached hydrogen (secondary N) is 8. The molecule has 0 radical (unpaired) electrons. The van der Waals surface area contributed by atoms with Crippen LogP contribution < -0.4 is 123 Å². The zero-order valence-corrected chi connectivity index (χ0v) is 50.2. The van der Waals surface area contributed by atoms with E-state index in [1.54, 1.807) is 0 Å². The number of aliphatic imine (C=N–C) groups is 5. The van der Waals surface area contributed by atoms with Crippen LogP contribution in [0.25, 0.3) is 0 Å².